The molecule has 1 aromatic carbocycles. The van der Waals surface area contributed by atoms with E-state index < -0.39 is 11.9 Å². The normalized spacial score (nSPS) is 22.6. The van der Waals surface area contributed by atoms with Gasteiger partial charge in [-0.2, -0.15) is 0 Å². The predicted molar refractivity (Wildman–Crippen MR) is 95.5 cm³/mol. The lowest BCUT2D eigenvalue weighted by molar-refractivity contribution is -0.141. The van der Waals surface area contributed by atoms with Gasteiger partial charge in [0.15, 0.2) is 0 Å². The van der Waals surface area contributed by atoms with Gasteiger partial charge in [0.25, 0.3) is 0 Å². The number of hydrogen-bond donors (Lipinski definition) is 1. The molecule has 0 radical (unpaired) electrons. The molecule has 0 saturated heterocycles. The first kappa shape index (κ1) is 15.7. The molecule has 1 aromatic heterocycles. The number of thioether (sulfide) groups is 1. The van der Waals surface area contributed by atoms with Crippen LogP contribution in [-0.4, -0.2) is 34.2 Å². The standard InChI is InChI=1S/C18H17NO3S2/c20-17(16-13-5-7-23-15(13)6-8-24-16)19-9-11-3-1-2-4-12(11)14(10-19)18(21)22/h1-5,7,14,16H,6,8-10H2,(H,21,22). The number of aliphatic carboxylic acids is 1. The molecule has 3 heterocycles. The van der Waals surface area contributed by atoms with Gasteiger partial charge in [0.05, 0.1) is 5.92 Å². The Morgan fingerprint density at radius 3 is 2.83 bits per heavy atom. The minimum atomic E-state index is -0.868. The highest BCUT2D eigenvalue weighted by Crippen LogP contribution is 2.41. The van der Waals surface area contributed by atoms with E-state index in [1.807, 2.05) is 35.7 Å². The zero-order valence-corrected chi connectivity index (χ0v) is 14.6. The third kappa shape index (κ3) is 2.63. The zero-order chi connectivity index (χ0) is 16.7. The largest absolute Gasteiger partial charge is 0.481 e. The van der Waals surface area contributed by atoms with Crippen LogP contribution < -0.4 is 0 Å². The van der Waals surface area contributed by atoms with E-state index >= 15 is 0 Å². The van der Waals surface area contributed by atoms with Crippen molar-refractivity contribution < 1.29 is 14.7 Å². The number of hydrogen-bond acceptors (Lipinski definition) is 4. The third-order valence-electron chi connectivity index (χ3n) is 4.70. The maximum absolute atomic E-state index is 13.1. The molecular weight excluding hydrogens is 342 g/mol. The summed E-state index contributed by atoms with van der Waals surface area (Å²) >= 11 is 3.38. The molecule has 1 N–H and O–H groups in total. The summed E-state index contributed by atoms with van der Waals surface area (Å²) in [7, 11) is 0. The number of thiophene rings is 1. The van der Waals surface area contributed by atoms with Crippen molar-refractivity contribution in [3.05, 3.63) is 57.3 Å². The summed E-state index contributed by atoms with van der Waals surface area (Å²) in [6, 6.07) is 9.59. The average molecular weight is 359 g/mol. The van der Waals surface area contributed by atoms with Gasteiger partial charge in [-0.25, -0.2) is 0 Å². The van der Waals surface area contributed by atoms with Gasteiger partial charge in [0, 0.05) is 18.0 Å². The molecule has 0 aliphatic carbocycles. The van der Waals surface area contributed by atoms with Gasteiger partial charge in [0.1, 0.15) is 5.25 Å². The molecule has 2 atom stereocenters. The second-order valence-electron chi connectivity index (χ2n) is 6.11. The van der Waals surface area contributed by atoms with Gasteiger partial charge in [0.2, 0.25) is 5.91 Å². The lowest BCUT2D eigenvalue weighted by Crippen LogP contribution is -2.42. The van der Waals surface area contributed by atoms with Gasteiger partial charge in [-0.1, -0.05) is 24.3 Å². The minimum Gasteiger partial charge on any atom is -0.481 e. The summed E-state index contributed by atoms with van der Waals surface area (Å²) in [5, 5.41) is 11.4. The van der Waals surface area contributed by atoms with Gasteiger partial charge in [-0.05, 0) is 40.3 Å². The first-order valence-electron chi connectivity index (χ1n) is 7.92. The Bertz CT molecular complexity index is 801. The summed E-state index contributed by atoms with van der Waals surface area (Å²) in [4.78, 5) is 27.8. The summed E-state index contributed by atoms with van der Waals surface area (Å²) < 4.78 is 0. The number of rotatable bonds is 2. The van der Waals surface area contributed by atoms with Crippen molar-refractivity contribution in [2.24, 2.45) is 0 Å². The fraction of sp³-hybridized carbons (Fsp3) is 0.333. The molecule has 124 valence electrons. The zero-order valence-electron chi connectivity index (χ0n) is 13.0. The van der Waals surface area contributed by atoms with Crippen molar-refractivity contribution >= 4 is 35.0 Å². The number of fused-ring (bicyclic) bond motifs is 2. The lowest BCUT2D eigenvalue weighted by Gasteiger charge is -2.35. The van der Waals surface area contributed by atoms with Crippen molar-refractivity contribution in [2.75, 3.05) is 12.3 Å². The Morgan fingerprint density at radius 2 is 2.00 bits per heavy atom. The summed E-state index contributed by atoms with van der Waals surface area (Å²) in [5.41, 5.74) is 2.89. The van der Waals surface area contributed by atoms with Crippen LogP contribution in [-0.2, 0) is 22.6 Å². The maximum Gasteiger partial charge on any atom is 0.312 e. The van der Waals surface area contributed by atoms with Crippen LogP contribution in [0.5, 0.6) is 0 Å². The van der Waals surface area contributed by atoms with Crippen LogP contribution in [0.3, 0.4) is 0 Å². The van der Waals surface area contributed by atoms with Crippen LogP contribution in [0.1, 0.15) is 32.7 Å². The highest BCUT2D eigenvalue weighted by Gasteiger charge is 2.37. The second kappa shape index (κ2) is 6.26. The topological polar surface area (TPSA) is 57.6 Å². The predicted octanol–water partition coefficient (Wildman–Crippen LogP) is 3.29. The number of carboxylic acid groups (broad SMARTS) is 1. The van der Waals surface area contributed by atoms with Crippen molar-refractivity contribution in [1.82, 2.24) is 4.90 Å². The number of carbonyl (C=O) groups excluding carboxylic acids is 1. The highest BCUT2D eigenvalue weighted by atomic mass is 32.2. The van der Waals surface area contributed by atoms with Crippen LogP contribution in [0, 0.1) is 0 Å². The first-order valence-corrected chi connectivity index (χ1v) is 9.85. The smallest absolute Gasteiger partial charge is 0.312 e. The van der Waals surface area contributed by atoms with Gasteiger partial charge >= 0.3 is 5.97 Å². The van der Waals surface area contributed by atoms with Gasteiger partial charge in [-0.3, -0.25) is 9.59 Å². The van der Waals surface area contributed by atoms with Crippen LogP contribution >= 0.6 is 23.1 Å². The number of benzene rings is 1. The molecule has 0 spiro atoms. The Balaban J connectivity index is 1.64. The molecule has 24 heavy (non-hydrogen) atoms. The molecule has 2 aliphatic rings. The van der Waals surface area contributed by atoms with Crippen molar-refractivity contribution in [3.8, 4) is 0 Å². The van der Waals surface area contributed by atoms with E-state index in [0.29, 0.717) is 6.54 Å². The van der Waals surface area contributed by atoms with Crippen molar-refractivity contribution in [1.29, 1.82) is 0 Å². The number of nitrogens with zero attached hydrogens (tertiary/aromatic N) is 1. The summed E-state index contributed by atoms with van der Waals surface area (Å²) in [6.45, 7) is 0.747. The molecule has 4 nitrogen and oxygen atoms in total. The monoisotopic (exact) mass is 359 g/mol. The van der Waals surface area contributed by atoms with E-state index in [-0.39, 0.29) is 17.7 Å². The number of amides is 1. The molecule has 2 aromatic rings. The van der Waals surface area contributed by atoms with Gasteiger partial charge < -0.3 is 10.0 Å². The quantitative estimate of drug-likeness (QED) is 0.894. The Kier molecular flexibility index (Phi) is 4.10. The molecule has 2 unspecified atom stereocenters. The fourth-order valence-electron chi connectivity index (χ4n) is 3.50. The summed E-state index contributed by atoms with van der Waals surface area (Å²) in [5.74, 6) is -0.529. The molecule has 4 rings (SSSR count). The van der Waals surface area contributed by atoms with E-state index in [0.717, 1.165) is 28.9 Å². The van der Waals surface area contributed by atoms with Crippen LogP contribution in [0.4, 0.5) is 0 Å². The molecule has 1 amide bonds. The van der Waals surface area contributed by atoms with E-state index in [4.69, 9.17) is 0 Å². The third-order valence-corrected chi connectivity index (χ3v) is 6.93. The Morgan fingerprint density at radius 1 is 1.17 bits per heavy atom. The number of carboxylic acids is 1. The van der Waals surface area contributed by atoms with Crippen LogP contribution in [0.15, 0.2) is 35.7 Å². The highest BCUT2D eigenvalue weighted by molar-refractivity contribution is 8.00. The first-order chi connectivity index (χ1) is 11.6. The van der Waals surface area contributed by atoms with E-state index in [1.54, 1.807) is 28.0 Å². The van der Waals surface area contributed by atoms with Crippen LogP contribution in [0.2, 0.25) is 0 Å². The van der Waals surface area contributed by atoms with Crippen molar-refractivity contribution in [2.45, 2.75) is 24.1 Å². The van der Waals surface area contributed by atoms with Gasteiger partial charge in [-0.15, -0.1) is 23.1 Å². The van der Waals surface area contributed by atoms with E-state index in [2.05, 4.69) is 0 Å². The van der Waals surface area contributed by atoms with E-state index in [1.165, 1.54) is 4.88 Å². The number of aryl methyl sites for hydroxylation is 1. The molecular formula is C18H17NO3S2. The molecule has 0 saturated carbocycles. The fourth-order valence-corrected chi connectivity index (χ4v) is 5.88. The van der Waals surface area contributed by atoms with E-state index in [9.17, 15) is 14.7 Å². The SMILES string of the molecule is O=C(O)C1CN(C(=O)C2SCCc3sccc32)Cc2ccccc21. The van der Waals surface area contributed by atoms with Crippen molar-refractivity contribution in [3.63, 3.8) is 0 Å². The number of carbonyl (C=O) groups is 2. The Hall–Kier alpha value is -1.79. The summed E-state index contributed by atoms with van der Waals surface area (Å²) in [6.07, 6.45) is 1.02. The molecule has 6 heteroatoms. The molecule has 0 fully saturated rings. The molecule has 2 aliphatic heterocycles. The minimum absolute atomic E-state index is 0.0418. The maximum atomic E-state index is 13.1. The average Bonchev–Trinajstić information content (AvgIpc) is 3.08. The lowest BCUT2D eigenvalue weighted by atomic mass is 9.89. The van der Waals surface area contributed by atoms with Crippen LogP contribution in [0.25, 0.3) is 0 Å². The Labute approximate surface area is 148 Å². The molecule has 0 bridgehead atoms. The second-order valence-corrected chi connectivity index (χ2v) is 8.32.